The summed E-state index contributed by atoms with van der Waals surface area (Å²) >= 11 is 0. The lowest BCUT2D eigenvalue weighted by atomic mass is 9.79. The van der Waals surface area contributed by atoms with Crippen LogP contribution in [0.4, 0.5) is 4.39 Å². The Balaban J connectivity index is 1.57. The number of hydrogen-bond acceptors (Lipinski definition) is 6. The van der Waals surface area contributed by atoms with Crippen molar-refractivity contribution in [3.05, 3.63) is 60.1 Å². The largest absolute Gasteiger partial charge is 0.380 e. The highest BCUT2D eigenvalue weighted by atomic mass is 19.1. The van der Waals surface area contributed by atoms with Crippen molar-refractivity contribution in [1.82, 2.24) is 24.7 Å². The number of halogens is 1. The van der Waals surface area contributed by atoms with Gasteiger partial charge in [-0.2, -0.15) is 4.98 Å². The van der Waals surface area contributed by atoms with Gasteiger partial charge in [0.05, 0.1) is 23.9 Å². The van der Waals surface area contributed by atoms with Crippen molar-refractivity contribution in [2.75, 3.05) is 13.2 Å². The summed E-state index contributed by atoms with van der Waals surface area (Å²) < 4.78 is 26.4. The number of ether oxygens (including phenoxy) is 1. The number of hydrogen-bond donors (Lipinski definition) is 0. The predicted octanol–water partition coefficient (Wildman–Crippen LogP) is 2.86. The van der Waals surface area contributed by atoms with Crippen LogP contribution in [0.25, 0.3) is 22.6 Å². The van der Waals surface area contributed by atoms with Crippen LogP contribution < -0.4 is 0 Å². The normalized spacial score (nSPS) is 19.8. The number of fused-ring (bicyclic) bond motifs is 1. The average Bonchev–Trinajstić information content (AvgIpc) is 3.42. The molecule has 0 N–H and O–H groups in total. The summed E-state index contributed by atoms with van der Waals surface area (Å²) in [5, 5.41) is 4.22. The molecule has 0 radical (unpaired) electrons. The van der Waals surface area contributed by atoms with Crippen LogP contribution >= 0.6 is 0 Å². The third-order valence-corrected chi connectivity index (χ3v) is 5.07. The highest BCUT2D eigenvalue weighted by molar-refractivity contribution is 5.75. The monoisotopic (exact) mass is 365 g/mol. The molecule has 1 saturated heterocycles. The zero-order valence-corrected chi connectivity index (χ0v) is 14.6. The number of rotatable bonds is 3. The molecule has 4 heterocycles. The molecule has 0 bridgehead atoms. The van der Waals surface area contributed by atoms with Crippen LogP contribution in [-0.4, -0.2) is 37.9 Å². The minimum absolute atomic E-state index is 0.281. The third-order valence-electron chi connectivity index (χ3n) is 5.07. The van der Waals surface area contributed by atoms with Crippen molar-refractivity contribution in [3.63, 3.8) is 0 Å². The maximum atomic E-state index is 13.4. The van der Waals surface area contributed by atoms with Crippen molar-refractivity contribution in [2.45, 2.75) is 11.8 Å². The van der Waals surface area contributed by atoms with Crippen molar-refractivity contribution in [1.29, 1.82) is 0 Å². The minimum Gasteiger partial charge on any atom is -0.380 e. The average molecular weight is 365 g/mol. The standard InChI is InChI=1S/C19H16FN5O2/c1-25-11-22-15-8-12(9-21-16(15)25)17-23-18(24-27-17)19(6-7-26-10-19)13-2-4-14(20)5-3-13/h2-5,8-9,11H,6-7,10H2,1H3. The van der Waals surface area contributed by atoms with Gasteiger partial charge in [-0.25, -0.2) is 14.4 Å². The molecular formula is C19H16FN5O2. The van der Waals surface area contributed by atoms with Gasteiger partial charge in [-0.05, 0) is 30.2 Å². The number of imidazole rings is 1. The van der Waals surface area contributed by atoms with E-state index in [0.717, 1.165) is 16.7 Å². The Labute approximate surface area is 153 Å². The molecule has 136 valence electrons. The summed E-state index contributed by atoms with van der Waals surface area (Å²) in [6, 6.07) is 8.25. The summed E-state index contributed by atoms with van der Waals surface area (Å²) in [4.78, 5) is 13.3. The summed E-state index contributed by atoms with van der Waals surface area (Å²) in [5.41, 5.74) is 2.61. The lowest BCUT2D eigenvalue weighted by Crippen LogP contribution is -2.29. The van der Waals surface area contributed by atoms with E-state index in [4.69, 9.17) is 9.26 Å². The molecule has 1 aliphatic heterocycles. The maximum absolute atomic E-state index is 13.4. The number of pyridine rings is 1. The van der Waals surface area contributed by atoms with E-state index in [0.29, 0.717) is 36.9 Å². The van der Waals surface area contributed by atoms with Crippen LogP contribution in [0, 0.1) is 5.82 Å². The van der Waals surface area contributed by atoms with E-state index >= 15 is 0 Å². The second-order valence-electron chi connectivity index (χ2n) is 6.74. The Bertz CT molecular complexity index is 1110. The zero-order valence-electron chi connectivity index (χ0n) is 14.6. The van der Waals surface area contributed by atoms with Gasteiger partial charge in [-0.15, -0.1) is 0 Å². The van der Waals surface area contributed by atoms with E-state index in [-0.39, 0.29) is 5.82 Å². The van der Waals surface area contributed by atoms with Crippen LogP contribution in [0.2, 0.25) is 0 Å². The molecule has 7 nitrogen and oxygen atoms in total. The van der Waals surface area contributed by atoms with Crippen LogP contribution in [0.1, 0.15) is 17.8 Å². The van der Waals surface area contributed by atoms with Crippen molar-refractivity contribution in [2.24, 2.45) is 7.05 Å². The van der Waals surface area contributed by atoms with Gasteiger partial charge in [0.1, 0.15) is 11.3 Å². The van der Waals surface area contributed by atoms with E-state index in [1.807, 2.05) is 17.7 Å². The lowest BCUT2D eigenvalue weighted by Gasteiger charge is -2.23. The van der Waals surface area contributed by atoms with Crippen LogP contribution in [0.5, 0.6) is 0 Å². The van der Waals surface area contributed by atoms with Gasteiger partial charge in [0, 0.05) is 19.9 Å². The van der Waals surface area contributed by atoms with E-state index in [1.54, 1.807) is 24.7 Å². The molecule has 3 aromatic heterocycles. The molecule has 1 fully saturated rings. The summed E-state index contributed by atoms with van der Waals surface area (Å²) in [6.07, 6.45) is 4.10. The van der Waals surface area contributed by atoms with Crippen molar-refractivity contribution < 1.29 is 13.7 Å². The molecule has 0 spiro atoms. The topological polar surface area (TPSA) is 78.9 Å². The first-order valence-corrected chi connectivity index (χ1v) is 8.61. The number of benzene rings is 1. The zero-order chi connectivity index (χ0) is 18.4. The molecule has 0 saturated carbocycles. The SMILES string of the molecule is Cn1cnc2cc(-c3nc(C4(c5ccc(F)cc5)CCOC4)no3)cnc21. The minimum atomic E-state index is -0.544. The second kappa shape index (κ2) is 5.95. The quantitative estimate of drug-likeness (QED) is 0.555. The van der Waals surface area contributed by atoms with Crippen LogP contribution in [0.15, 0.2) is 47.4 Å². The third kappa shape index (κ3) is 2.52. The molecule has 0 amide bonds. The van der Waals surface area contributed by atoms with Gasteiger partial charge >= 0.3 is 0 Å². The fraction of sp³-hybridized carbons (Fsp3) is 0.263. The Morgan fingerprint density at radius 2 is 2.04 bits per heavy atom. The van der Waals surface area contributed by atoms with Crippen molar-refractivity contribution >= 4 is 11.2 Å². The summed E-state index contributed by atoms with van der Waals surface area (Å²) in [6.45, 7) is 1.01. The molecule has 5 rings (SSSR count). The van der Waals surface area contributed by atoms with Gasteiger partial charge in [0.2, 0.25) is 0 Å². The van der Waals surface area contributed by atoms with Gasteiger partial charge in [-0.3, -0.25) is 0 Å². The van der Waals surface area contributed by atoms with E-state index in [1.165, 1.54) is 12.1 Å². The molecule has 1 atom stereocenters. The Morgan fingerprint density at radius 1 is 1.19 bits per heavy atom. The first kappa shape index (κ1) is 16.1. The second-order valence-corrected chi connectivity index (χ2v) is 6.74. The fourth-order valence-corrected chi connectivity index (χ4v) is 3.54. The van der Waals surface area contributed by atoms with E-state index in [9.17, 15) is 4.39 Å². The number of aromatic nitrogens is 5. The Hall–Kier alpha value is -3.13. The highest BCUT2D eigenvalue weighted by Crippen LogP contribution is 2.39. The number of nitrogens with zero attached hydrogens (tertiary/aromatic N) is 5. The Morgan fingerprint density at radius 3 is 2.81 bits per heavy atom. The molecule has 1 unspecified atom stereocenters. The van der Waals surface area contributed by atoms with Gasteiger partial charge in [0.15, 0.2) is 11.5 Å². The molecule has 1 aromatic carbocycles. The van der Waals surface area contributed by atoms with E-state index < -0.39 is 5.41 Å². The van der Waals surface area contributed by atoms with E-state index in [2.05, 4.69) is 20.1 Å². The fourth-order valence-electron chi connectivity index (χ4n) is 3.54. The molecule has 0 aliphatic carbocycles. The molecule has 1 aliphatic rings. The maximum Gasteiger partial charge on any atom is 0.259 e. The lowest BCUT2D eigenvalue weighted by molar-refractivity contribution is 0.182. The van der Waals surface area contributed by atoms with Gasteiger partial charge in [0.25, 0.3) is 5.89 Å². The molecule has 4 aromatic rings. The van der Waals surface area contributed by atoms with Gasteiger partial charge < -0.3 is 13.8 Å². The number of aryl methyl sites for hydroxylation is 1. The molecule has 27 heavy (non-hydrogen) atoms. The first-order valence-electron chi connectivity index (χ1n) is 8.61. The first-order chi connectivity index (χ1) is 13.2. The van der Waals surface area contributed by atoms with Crippen molar-refractivity contribution in [3.8, 4) is 11.5 Å². The summed E-state index contributed by atoms with van der Waals surface area (Å²) in [5.74, 6) is 0.623. The predicted molar refractivity (Wildman–Crippen MR) is 94.4 cm³/mol. The Kier molecular flexibility index (Phi) is 3.54. The van der Waals surface area contributed by atoms with Crippen LogP contribution in [-0.2, 0) is 17.2 Å². The highest BCUT2D eigenvalue weighted by Gasteiger charge is 2.43. The molecular weight excluding hydrogens is 349 g/mol. The van der Waals surface area contributed by atoms with Gasteiger partial charge in [-0.1, -0.05) is 17.3 Å². The summed E-state index contributed by atoms with van der Waals surface area (Å²) in [7, 11) is 1.89. The molecule has 8 heteroatoms. The smallest absolute Gasteiger partial charge is 0.259 e. The van der Waals surface area contributed by atoms with Crippen LogP contribution in [0.3, 0.4) is 0 Å².